The molecular weight excluding hydrogens is 135 g/mol. The van der Waals surface area contributed by atoms with E-state index in [4.69, 9.17) is 0 Å². The van der Waals surface area contributed by atoms with Crippen LogP contribution < -0.4 is 0 Å². The average Bonchev–Trinajstić information content (AvgIpc) is 1.65. The third-order valence-electron chi connectivity index (χ3n) is 0.298. The second-order valence-electron chi connectivity index (χ2n) is 0.589. The standard InChI is InChI=1S/C2H6OPS2/c1-5-4(3)6-2/h1-2H3/q+1. The molecule has 1 nitrogen and oxygen atoms in total. The Balaban J connectivity index is 2.99. The van der Waals surface area contributed by atoms with E-state index >= 15 is 0 Å². The lowest BCUT2D eigenvalue weighted by Crippen LogP contribution is -1.34. The van der Waals surface area contributed by atoms with Crippen molar-refractivity contribution in [1.29, 1.82) is 0 Å². The first-order valence-corrected chi connectivity index (χ1v) is 6.28. The van der Waals surface area contributed by atoms with E-state index in [2.05, 4.69) is 0 Å². The molecule has 0 N–H and O–H groups in total. The molecule has 0 fully saturated rings. The normalized spacial score (nSPS) is 8.33. The average molecular weight is 141 g/mol. The predicted octanol–water partition coefficient (Wildman–Crippen LogP) is 2.37. The van der Waals surface area contributed by atoms with E-state index in [-0.39, 0.29) is 0 Å². The Kier molecular flexibility index (Phi) is 4.50. The molecule has 4 heteroatoms. The smallest absolute Gasteiger partial charge is 0.0442 e. The van der Waals surface area contributed by atoms with Gasteiger partial charge in [0.2, 0.25) is 0 Å². The van der Waals surface area contributed by atoms with E-state index in [0.717, 1.165) is 0 Å². The molecule has 0 spiro atoms. The summed E-state index contributed by atoms with van der Waals surface area (Å²) in [5.41, 5.74) is 0. The fourth-order valence-corrected chi connectivity index (χ4v) is 2.01. The van der Waals surface area contributed by atoms with E-state index in [9.17, 15) is 4.57 Å². The fourth-order valence-electron chi connectivity index (χ4n) is 0.0745. The Morgan fingerprint density at radius 3 is 1.67 bits per heavy atom. The van der Waals surface area contributed by atoms with Crippen molar-refractivity contribution < 1.29 is 4.57 Å². The maximum absolute atomic E-state index is 10.3. The zero-order valence-electron chi connectivity index (χ0n) is 3.67. The van der Waals surface area contributed by atoms with Gasteiger partial charge in [-0.15, -0.1) is 0 Å². The van der Waals surface area contributed by atoms with Crippen molar-refractivity contribution >= 4 is 29.0 Å². The third-order valence-corrected chi connectivity index (χ3v) is 5.37. The lowest BCUT2D eigenvalue weighted by molar-refractivity contribution is 0.603. The minimum absolute atomic E-state index is 0.993. The quantitative estimate of drug-likeness (QED) is 0.549. The molecule has 0 aromatic heterocycles. The molecule has 0 heterocycles. The van der Waals surface area contributed by atoms with Gasteiger partial charge in [0.15, 0.2) is 0 Å². The molecule has 0 saturated carbocycles. The van der Waals surface area contributed by atoms with Gasteiger partial charge in [0.25, 0.3) is 0 Å². The van der Waals surface area contributed by atoms with Gasteiger partial charge in [-0.1, -0.05) is 0 Å². The van der Waals surface area contributed by atoms with Gasteiger partial charge in [0.05, 0.1) is 0 Å². The molecule has 0 unspecified atom stereocenters. The summed E-state index contributed by atoms with van der Waals surface area (Å²) in [6.45, 7) is 0. The zero-order chi connectivity index (χ0) is 4.99. The topological polar surface area (TPSA) is 17.1 Å². The largest absolute Gasteiger partial charge is 0.482 e. The highest BCUT2D eigenvalue weighted by atomic mass is 33.1. The molecule has 0 rings (SSSR count). The van der Waals surface area contributed by atoms with Crippen LogP contribution in [-0.4, -0.2) is 12.5 Å². The lowest BCUT2D eigenvalue weighted by Gasteiger charge is -1.61. The zero-order valence-corrected chi connectivity index (χ0v) is 6.20. The SMILES string of the molecule is CS[P+](=O)SC. The molecule has 0 atom stereocenters. The summed E-state index contributed by atoms with van der Waals surface area (Å²) in [6.07, 6.45) is 2.69. The molecule has 36 valence electrons. The first-order valence-electron chi connectivity index (χ1n) is 1.36. The Morgan fingerprint density at radius 1 is 1.33 bits per heavy atom. The highest BCUT2D eigenvalue weighted by molar-refractivity contribution is 8.84. The molecule has 0 amide bonds. The van der Waals surface area contributed by atoms with E-state index in [1.165, 1.54) is 22.8 Å². The van der Waals surface area contributed by atoms with Crippen LogP contribution in [0.3, 0.4) is 0 Å². The van der Waals surface area contributed by atoms with Crippen molar-refractivity contribution in [1.82, 2.24) is 0 Å². The molecule has 0 saturated heterocycles. The first kappa shape index (κ1) is 6.80. The summed E-state index contributed by atoms with van der Waals surface area (Å²) in [4.78, 5) is 0. The Hall–Kier alpha value is 0.800. The van der Waals surface area contributed by atoms with Crippen LogP contribution in [0.15, 0.2) is 0 Å². The number of hydrogen-bond donors (Lipinski definition) is 0. The second kappa shape index (κ2) is 3.97. The molecule has 0 aromatic rings. The van der Waals surface area contributed by atoms with Gasteiger partial charge in [-0.05, 0) is 4.57 Å². The lowest BCUT2D eigenvalue weighted by atomic mass is 12.0. The van der Waals surface area contributed by atoms with Gasteiger partial charge in [0, 0.05) is 12.5 Å². The Labute approximate surface area is 46.6 Å². The molecular formula is C2H6OPS2+. The summed E-state index contributed by atoms with van der Waals surface area (Å²) in [5, 5.41) is 0. The molecule has 0 aromatic carbocycles. The maximum atomic E-state index is 10.3. The van der Waals surface area contributed by atoms with Crippen LogP contribution in [0, 0.1) is 0 Å². The highest BCUT2D eigenvalue weighted by Gasteiger charge is 2.09. The predicted molar refractivity (Wildman–Crippen MR) is 34.6 cm³/mol. The van der Waals surface area contributed by atoms with Crippen molar-refractivity contribution in [2.45, 2.75) is 0 Å². The van der Waals surface area contributed by atoms with Gasteiger partial charge in [-0.2, -0.15) is 0 Å². The van der Waals surface area contributed by atoms with Crippen LogP contribution in [0.25, 0.3) is 0 Å². The van der Waals surface area contributed by atoms with Crippen LogP contribution in [0.2, 0.25) is 0 Å². The molecule has 0 bridgehead atoms. The summed E-state index contributed by atoms with van der Waals surface area (Å²) in [5.74, 6) is 0. The summed E-state index contributed by atoms with van der Waals surface area (Å²) >= 11 is 2.79. The van der Waals surface area contributed by atoms with Crippen molar-refractivity contribution in [3.05, 3.63) is 0 Å². The Morgan fingerprint density at radius 2 is 1.67 bits per heavy atom. The van der Waals surface area contributed by atoms with E-state index in [1.807, 2.05) is 12.5 Å². The minimum Gasteiger partial charge on any atom is -0.0442 e. The molecule has 0 aliphatic rings. The van der Waals surface area contributed by atoms with Gasteiger partial charge >= 0.3 is 6.20 Å². The molecule has 6 heavy (non-hydrogen) atoms. The summed E-state index contributed by atoms with van der Waals surface area (Å²) < 4.78 is 10.3. The van der Waals surface area contributed by atoms with Gasteiger partial charge in [-0.3, -0.25) is 0 Å². The van der Waals surface area contributed by atoms with E-state index in [0.29, 0.717) is 0 Å². The molecule has 0 aliphatic carbocycles. The fraction of sp³-hybridized carbons (Fsp3) is 1.00. The summed E-state index contributed by atoms with van der Waals surface area (Å²) in [7, 11) is 0. The van der Waals surface area contributed by atoms with Gasteiger partial charge < -0.3 is 0 Å². The van der Waals surface area contributed by atoms with Crippen LogP contribution >= 0.6 is 29.0 Å². The monoisotopic (exact) mass is 141 g/mol. The minimum atomic E-state index is -0.993. The number of rotatable bonds is 2. The van der Waals surface area contributed by atoms with Crippen LogP contribution in [-0.2, 0) is 4.57 Å². The van der Waals surface area contributed by atoms with Gasteiger partial charge in [-0.25, -0.2) is 0 Å². The maximum Gasteiger partial charge on any atom is 0.482 e. The van der Waals surface area contributed by atoms with Gasteiger partial charge in [0.1, 0.15) is 22.8 Å². The second-order valence-corrected chi connectivity index (χ2v) is 6.64. The number of hydrogen-bond acceptors (Lipinski definition) is 3. The molecule has 0 radical (unpaired) electrons. The molecule has 0 aliphatic heterocycles. The van der Waals surface area contributed by atoms with Crippen LogP contribution in [0.1, 0.15) is 0 Å². The third kappa shape index (κ3) is 3.01. The van der Waals surface area contributed by atoms with E-state index < -0.39 is 6.20 Å². The van der Waals surface area contributed by atoms with Crippen molar-refractivity contribution in [2.75, 3.05) is 12.5 Å². The Bertz CT molecular complexity index is 49.5. The summed E-state index contributed by atoms with van der Waals surface area (Å²) in [6, 6.07) is 0. The first-order chi connectivity index (χ1) is 2.81. The van der Waals surface area contributed by atoms with Crippen molar-refractivity contribution in [2.24, 2.45) is 0 Å². The van der Waals surface area contributed by atoms with E-state index in [1.54, 1.807) is 0 Å². The van der Waals surface area contributed by atoms with Crippen LogP contribution in [0.5, 0.6) is 0 Å². The van der Waals surface area contributed by atoms with Crippen LogP contribution in [0.4, 0.5) is 0 Å². The van der Waals surface area contributed by atoms with Crippen molar-refractivity contribution in [3.63, 3.8) is 0 Å². The highest BCUT2D eigenvalue weighted by Crippen LogP contribution is 2.46. The van der Waals surface area contributed by atoms with Crippen molar-refractivity contribution in [3.8, 4) is 0 Å².